The highest BCUT2D eigenvalue weighted by molar-refractivity contribution is 5.87. The van der Waals surface area contributed by atoms with Crippen molar-refractivity contribution in [1.29, 1.82) is 0 Å². The number of nitrogens with zero attached hydrogens (tertiary/aromatic N) is 11. The largest absolute Gasteiger partial charge is 0.338 e. The van der Waals surface area contributed by atoms with Crippen LogP contribution in [0.3, 0.4) is 0 Å². The number of piperazine rings is 2. The summed E-state index contributed by atoms with van der Waals surface area (Å²) in [7, 11) is 2.05. The van der Waals surface area contributed by atoms with E-state index in [4.69, 9.17) is 0 Å². The standard InChI is InChI=1S/C21H36N6O.C20H34N6O.2H2/c1-16-22-15-23-19(24-16)27(17-10-8-7-9-11-17)13-12-26-14-20(2,3)25(6)21(4,5)18(26)28;1-15-21-14-22-18(23-15)26(16-9-7-6-8-10-16)12-11-25-13-19(2,3)24-20(4,5)17(25)27;;/h15,17H,7-14H2,1-6H3;14,16,24H,6-13H2,1-5H3;2*1H. The van der Waals surface area contributed by atoms with Crippen LogP contribution in [0.4, 0.5) is 11.9 Å². The zero-order valence-corrected chi connectivity index (χ0v) is 35.9. The van der Waals surface area contributed by atoms with E-state index in [0.717, 1.165) is 56.0 Å². The number of carbonyl (C=O) groups excluding carboxylic acids is 2. The first-order valence-electron chi connectivity index (χ1n) is 20.8. The molecule has 14 heteroatoms. The van der Waals surface area contributed by atoms with Crippen molar-refractivity contribution in [2.75, 3.05) is 56.1 Å². The molecule has 2 aliphatic heterocycles. The van der Waals surface area contributed by atoms with Crippen LogP contribution in [-0.4, -0.2) is 137 Å². The predicted octanol–water partition coefficient (Wildman–Crippen LogP) is 5.45. The molecule has 0 unspecified atom stereocenters. The van der Waals surface area contributed by atoms with E-state index in [-0.39, 0.29) is 25.7 Å². The first-order chi connectivity index (χ1) is 25.8. The van der Waals surface area contributed by atoms with Crippen LogP contribution >= 0.6 is 0 Å². The van der Waals surface area contributed by atoms with Gasteiger partial charge in [-0.3, -0.25) is 19.8 Å². The van der Waals surface area contributed by atoms with Gasteiger partial charge in [-0.05, 0) is 102 Å². The third-order valence-corrected chi connectivity index (χ3v) is 12.3. The van der Waals surface area contributed by atoms with Crippen LogP contribution in [0.25, 0.3) is 0 Å². The molecule has 2 saturated heterocycles. The number of carbonyl (C=O) groups is 2. The number of hydrogen-bond acceptors (Lipinski definition) is 12. The summed E-state index contributed by atoms with van der Waals surface area (Å²) in [5.74, 6) is 3.34. The van der Waals surface area contributed by atoms with Gasteiger partial charge in [-0.2, -0.15) is 9.97 Å². The lowest BCUT2D eigenvalue weighted by molar-refractivity contribution is -0.157. The molecule has 14 nitrogen and oxygen atoms in total. The van der Waals surface area contributed by atoms with Gasteiger partial charge >= 0.3 is 0 Å². The zero-order valence-electron chi connectivity index (χ0n) is 35.9. The normalized spacial score (nSPS) is 22.9. The lowest BCUT2D eigenvalue weighted by Gasteiger charge is -2.54. The van der Waals surface area contributed by atoms with Gasteiger partial charge in [0.05, 0.1) is 11.1 Å². The zero-order chi connectivity index (χ0) is 40.2. The second kappa shape index (κ2) is 17.3. The van der Waals surface area contributed by atoms with Crippen molar-refractivity contribution < 1.29 is 12.4 Å². The van der Waals surface area contributed by atoms with Crippen LogP contribution in [-0.2, 0) is 9.59 Å². The van der Waals surface area contributed by atoms with Crippen molar-refractivity contribution in [3.63, 3.8) is 0 Å². The van der Waals surface area contributed by atoms with Crippen LogP contribution in [0.2, 0.25) is 0 Å². The molecule has 4 aliphatic rings. The van der Waals surface area contributed by atoms with Gasteiger partial charge in [0.15, 0.2) is 0 Å². The summed E-state index contributed by atoms with van der Waals surface area (Å²) in [6, 6.07) is 0.888. The first-order valence-corrected chi connectivity index (χ1v) is 20.8. The third-order valence-electron chi connectivity index (χ3n) is 12.3. The molecule has 310 valence electrons. The van der Waals surface area contributed by atoms with E-state index in [1.807, 2.05) is 51.3 Å². The fourth-order valence-electron chi connectivity index (χ4n) is 9.32. The molecule has 0 radical (unpaired) electrons. The third kappa shape index (κ3) is 10.5. The second-order valence-corrected chi connectivity index (χ2v) is 18.7. The van der Waals surface area contributed by atoms with E-state index in [1.165, 1.54) is 51.4 Å². The second-order valence-electron chi connectivity index (χ2n) is 18.7. The Morgan fingerprint density at radius 1 is 0.673 bits per heavy atom. The Kier molecular flexibility index (Phi) is 13.4. The molecular weight excluding hydrogens is 693 g/mol. The van der Waals surface area contributed by atoms with Gasteiger partial charge in [-0.15, -0.1) is 0 Å². The molecule has 4 heterocycles. The highest BCUT2D eigenvalue weighted by Crippen LogP contribution is 2.32. The molecule has 2 aromatic heterocycles. The quantitative estimate of drug-likeness (QED) is 0.329. The maximum atomic E-state index is 13.1. The molecule has 2 amide bonds. The van der Waals surface area contributed by atoms with E-state index in [9.17, 15) is 9.59 Å². The molecule has 0 aromatic carbocycles. The molecule has 55 heavy (non-hydrogen) atoms. The average Bonchev–Trinajstić information content (AvgIpc) is 3.13. The van der Waals surface area contributed by atoms with E-state index >= 15 is 0 Å². The number of nitrogens with one attached hydrogen (secondary N) is 1. The summed E-state index contributed by atoms with van der Waals surface area (Å²) in [4.78, 5) is 63.3. The molecule has 0 atom stereocenters. The van der Waals surface area contributed by atoms with Gasteiger partial charge in [-0.1, -0.05) is 38.5 Å². The van der Waals surface area contributed by atoms with Crippen molar-refractivity contribution in [1.82, 2.24) is 49.9 Å². The average molecular weight is 767 g/mol. The molecule has 1 N–H and O–H groups in total. The number of anilines is 2. The van der Waals surface area contributed by atoms with E-state index in [1.54, 1.807) is 12.7 Å². The minimum atomic E-state index is -0.541. The SMILES string of the molecule is Cc1ncnc(N(CCN2CC(C)(C)N(C)C(C)(C)C2=O)C2CCCCC2)n1.Cc1ncnc(N(CCN2CC(C)(C)NC(C)(C)C2=O)C2CCCCC2)n1.[HH].[HH]. The van der Waals surface area contributed by atoms with Gasteiger partial charge in [0.2, 0.25) is 23.7 Å². The van der Waals surface area contributed by atoms with Crippen LogP contribution in [0.5, 0.6) is 0 Å². The highest BCUT2D eigenvalue weighted by Gasteiger charge is 2.48. The van der Waals surface area contributed by atoms with Crippen molar-refractivity contribution in [3.8, 4) is 0 Å². The number of aryl methyl sites for hydroxylation is 2. The smallest absolute Gasteiger partial charge is 0.242 e. The minimum Gasteiger partial charge on any atom is -0.338 e. The van der Waals surface area contributed by atoms with Crippen LogP contribution in [0, 0.1) is 13.8 Å². The minimum absolute atomic E-state index is 0. The molecular formula is C41H74N12O2. The maximum Gasteiger partial charge on any atom is 0.242 e. The van der Waals surface area contributed by atoms with Crippen LogP contribution in [0.15, 0.2) is 12.7 Å². The lowest BCUT2D eigenvalue weighted by Crippen LogP contribution is -2.70. The number of aromatic nitrogens is 6. The Bertz CT molecular complexity index is 1610. The van der Waals surface area contributed by atoms with Gasteiger partial charge in [-0.25, -0.2) is 19.9 Å². The number of amides is 2. The Labute approximate surface area is 333 Å². The highest BCUT2D eigenvalue weighted by atomic mass is 16.2. The number of rotatable bonds is 10. The predicted molar refractivity (Wildman–Crippen MR) is 222 cm³/mol. The Morgan fingerprint density at radius 2 is 1.11 bits per heavy atom. The summed E-state index contributed by atoms with van der Waals surface area (Å²) in [5.41, 5.74) is -1.20. The van der Waals surface area contributed by atoms with Crippen molar-refractivity contribution >= 4 is 23.7 Å². The van der Waals surface area contributed by atoms with Gasteiger partial charge in [0, 0.05) is 65.3 Å². The summed E-state index contributed by atoms with van der Waals surface area (Å²) < 4.78 is 0. The first kappa shape index (κ1) is 42.6. The van der Waals surface area contributed by atoms with Gasteiger partial charge in [0.25, 0.3) is 0 Å². The summed E-state index contributed by atoms with van der Waals surface area (Å²) >= 11 is 0. The van der Waals surface area contributed by atoms with Crippen molar-refractivity contribution in [2.45, 2.75) is 168 Å². The Morgan fingerprint density at radius 3 is 1.55 bits per heavy atom. The molecule has 2 saturated carbocycles. The Hall–Kier alpha value is -3.52. The van der Waals surface area contributed by atoms with Crippen molar-refractivity contribution in [2.24, 2.45) is 0 Å². The number of likely N-dealkylation sites (N-methyl/N-ethyl adjacent to an activating group) is 1. The van der Waals surface area contributed by atoms with Gasteiger partial charge in [0.1, 0.15) is 24.3 Å². The van der Waals surface area contributed by atoms with Crippen molar-refractivity contribution in [3.05, 3.63) is 24.3 Å². The summed E-state index contributed by atoms with van der Waals surface area (Å²) in [5, 5.41) is 3.46. The van der Waals surface area contributed by atoms with E-state index in [0.29, 0.717) is 31.7 Å². The summed E-state index contributed by atoms with van der Waals surface area (Å²) in [6.07, 6.45) is 15.5. The van der Waals surface area contributed by atoms with Crippen LogP contribution < -0.4 is 15.1 Å². The molecule has 0 spiro atoms. The Balaban J connectivity index is 0.000000295. The number of hydrogen-bond donors (Lipinski definition) is 1. The van der Waals surface area contributed by atoms with E-state index < -0.39 is 11.1 Å². The van der Waals surface area contributed by atoms with E-state index in [2.05, 4.69) is 84.7 Å². The molecule has 2 aliphatic carbocycles. The molecule has 2 aromatic rings. The monoisotopic (exact) mass is 767 g/mol. The lowest BCUT2D eigenvalue weighted by atomic mass is 9.87. The van der Waals surface area contributed by atoms with Crippen LogP contribution in [0.1, 0.15) is 134 Å². The topological polar surface area (TPSA) is 140 Å². The summed E-state index contributed by atoms with van der Waals surface area (Å²) in [6.45, 7) is 24.9. The molecule has 0 bridgehead atoms. The van der Waals surface area contributed by atoms with Gasteiger partial charge < -0.3 is 19.6 Å². The molecule has 4 fully saturated rings. The fraction of sp³-hybridized carbons (Fsp3) is 0.805. The maximum absolute atomic E-state index is 13.1. The fourth-order valence-corrected chi connectivity index (χ4v) is 9.32. The molecule has 6 rings (SSSR count).